The van der Waals surface area contributed by atoms with Crippen LogP contribution in [0.2, 0.25) is 0 Å². The third kappa shape index (κ3) is 5.90. The lowest BCUT2D eigenvalue weighted by molar-refractivity contribution is 0.0871. The standard InChI is InChI=1S/C15H24N2O2.ClH/c1-16(2)10-13(11-17(3)4)15(18)12-6-8-14(19-5)9-7-12;/h6-9,13H,10-11H2,1-5H3;1H. The summed E-state index contributed by atoms with van der Waals surface area (Å²) in [6.45, 7) is 1.51. The number of ether oxygens (including phenoxy) is 1. The molecule has 20 heavy (non-hydrogen) atoms. The zero-order chi connectivity index (χ0) is 14.4. The first kappa shape index (κ1) is 18.9. The van der Waals surface area contributed by atoms with E-state index in [1.807, 2.05) is 52.5 Å². The van der Waals surface area contributed by atoms with Crippen LogP contribution in [0.25, 0.3) is 0 Å². The molecule has 0 spiro atoms. The first-order chi connectivity index (χ1) is 8.93. The van der Waals surface area contributed by atoms with E-state index >= 15 is 0 Å². The molecule has 0 aliphatic heterocycles. The SMILES string of the molecule is COc1ccc(C(=O)C(CN(C)C)CN(C)C)cc1.Cl. The van der Waals surface area contributed by atoms with Crippen LogP contribution in [-0.4, -0.2) is 64.0 Å². The summed E-state index contributed by atoms with van der Waals surface area (Å²) in [7, 11) is 9.58. The van der Waals surface area contributed by atoms with E-state index < -0.39 is 0 Å². The van der Waals surface area contributed by atoms with Gasteiger partial charge in [0.25, 0.3) is 0 Å². The number of rotatable bonds is 7. The predicted octanol–water partition coefficient (Wildman–Crippen LogP) is 2.04. The van der Waals surface area contributed by atoms with Gasteiger partial charge in [-0.3, -0.25) is 4.79 Å². The Labute approximate surface area is 128 Å². The molecule has 0 aliphatic rings. The fourth-order valence-electron chi connectivity index (χ4n) is 2.10. The monoisotopic (exact) mass is 300 g/mol. The number of benzene rings is 1. The highest BCUT2D eigenvalue weighted by Gasteiger charge is 2.21. The second-order valence-corrected chi connectivity index (χ2v) is 5.31. The van der Waals surface area contributed by atoms with Crippen LogP contribution >= 0.6 is 12.4 Å². The molecule has 0 aromatic heterocycles. The van der Waals surface area contributed by atoms with Gasteiger partial charge in [0, 0.05) is 24.6 Å². The van der Waals surface area contributed by atoms with Crippen molar-refractivity contribution in [3.05, 3.63) is 29.8 Å². The van der Waals surface area contributed by atoms with Gasteiger partial charge in [-0.2, -0.15) is 0 Å². The molecule has 0 aliphatic carbocycles. The average Bonchev–Trinajstić information content (AvgIpc) is 2.36. The number of carbonyl (C=O) groups is 1. The van der Waals surface area contributed by atoms with Crippen molar-refractivity contribution in [1.82, 2.24) is 9.80 Å². The Kier molecular flexibility index (Phi) is 8.46. The van der Waals surface area contributed by atoms with Gasteiger partial charge >= 0.3 is 0 Å². The summed E-state index contributed by atoms with van der Waals surface area (Å²) in [5.74, 6) is 0.941. The molecule has 1 aromatic rings. The van der Waals surface area contributed by atoms with Crippen LogP contribution in [0.4, 0.5) is 0 Å². The molecule has 0 radical (unpaired) electrons. The highest BCUT2D eigenvalue weighted by Crippen LogP contribution is 2.16. The molecule has 0 bridgehead atoms. The normalized spacial score (nSPS) is 10.8. The van der Waals surface area contributed by atoms with Crippen molar-refractivity contribution in [2.75, 3.05) is 48.4 Å². The van der Waals surface area contributed by atoms with Crippen LogP contribution in [0, 0.1) is 5.92 Å². The van der Waals surface area contributed by atoms with E-state index in [0.717, 1.165) is 24.4 Å². The average molecular weight is 301 g/mol. The summed E-state index contributed by atoms with van der Waals surface area (Å²) in [6, 6.07) is 7.32. The van der Waals surface area contributed by atoms with E-state index in [9.17, 15) is 4.79 Å². The highest BCUT2D eigenvalue weighted by atomic mass is 35.5. The fraction of sp³-hybridized carbons (Fsp3) is 0.533. The van der Waals surface area contributed by atoms with Crippen molar-refractivity contribution < 1.29 is 9.53 Å². The summed E-state index contributed by atoms with van der Waals surface area (Å²) >= 11 is 0. The number of carbonyl (C=O) groups excluding carboxylic acids is 1. The minimum absolute atomic E-state index is 0. The van der Waals surface area contributed by atoms with Gasteiger partial charge in [0.15, 0.2) is 5.78 Å². The predicted molar refractivity (Wildman–Crippen MR) is 85.2 cm³/mol. The lowest BCUT2D eigenvalue weighted by atomic mass is 9.96. The first-order valence-corrected chi connectivity index (χ1v) is 6.41. The maximum Gasteiger partial charge on any atom is 0.168 e. The topological polar surface area (TPSA) is 32.8 Å². The Balaban J connectivity index is 0.00000361. The van der Waals surface area contributed by atoms with Crippen LogP contribution in [0.5, 0.6) is 5.75 Å². The highest BCUT2D eigenvalue weighted by molar-refractivity contribution is 5.98. The second kappa shape index (κ2) is 8.95. The molecule has 4 nitrogen and oxygen atoms in total. The zero-order valence-electron chi connectivity index (χ0n) is 12.9. The van der Waals surface area contributed by atoms with Gasteiger partial charge in [-0.1, -0.05) is 0 Å². The lowest BCUT2D eigenvalue weighted by Gasteiger charge is -2.23. The lowest BCUT2D eigenvalue weighted by Crippen LogP contribution is -2.35. The molecular formula is C15H25ClN2O2. The molecule has 0 fully saturated rings. The molecule has 0 N–H and O–H groups in total. The van der Waals surface area contributed by atoms with Crippen molar-refractivity contribution in [1.29, 1.82) is 0 Å². The minimum Gasteiger partial charge on any atom is -0.497 e. The maximum atomic E-state index is 12.5. The smallest absolute Gasteiger partial charge is 0.168 e. The van der Waals surface area contributed by atoms with Gasteiger partial charge in [-0.05, 0) is 52.5 Å². The quantitative estimate of drug-likeness (QED) is 0.722. The number of methoxy groups -OCH3 is 1. The van der Waals surface area contributed by atoms with Crippen LogP contribution in [0.3, 0.4) is 0 Å². The molecule has 5 heteroatoms. The Morgan fingerprint density at radius 3 is 1.85 bits per heavy atom. The van der Waals surface area contributed by atoms with Gasteiger partial charge in [0.1, 0.15) is 5.75 Å². The second-order valence-electron chi connectivity index (χ2n) is 5.31. The Morgan fingerprint density at radius 1 is 1.05 bits per heavy atom. The molecule has 114 valence electrons. The van der Waals surface area contributed by atoms with E-state index in [0.29, 0.717) is 0 Å². The van der Waals surface area contributed by atoms with Gasteiger partial charge in [0.2, 0.25) is 0 Å². The van der Waals surface area contributed by atoms with Crippen LogP contribution < -0.4 is 4.74 Å². The van der Waals surface area contributed by atoms with E-state index in [-0.39, 0.29) is 24.1 Å². The van der Waals surface area contributed by atoms with Crippen molar-refractivity contribution >= 4 is 18.2 Å². The zero-order valence-corrected chi connectivity index (χ0v) is 13.7. The molecule has 0 atom stereocenters. The van der Waals surface area contributed by atoms with Gasteiger partial charge < -0.3 is 14.5 Å². The van der Waals surface area contributed by atoms with Crippen LogP contribution in [0.1, 0.15) is 10.4 Å². The van der Waals surface area contributed by atoms with Crippen LogP contribution in [-0.2, 0) is 0 Å². The first-order valence-electron chi connectivity index (χ1n) is 6.41. The summed E-state index contributed by atoms with van der Waals surface area (Å²) in [5, 5.41) is 0. The minimum atomic E-state index is -0.0154. The third-order valence-electron chi connectivity index (χ3n) is 2.92. The number of Topliss-reactive ketones (excluding diaryl/α,β-unsaturated/α-hetero) is 1. The van der Waals surface area contributed by atoms with Gasteiger partial charge in [0.05, 0.1) is 7.11 Å². The summed E-state index contributed by atoms with van der Waals surface area (Å²) in [5.41, 5.74) is 0.745. The molecule has 0 unspecified atom stereocenters. The Morgan fingerprint density at radius 2 is 1.50 bits per heavy atom. The molecule has 0 saturated carbocycles. The molecule has 1 aromatic carbocycles. The number of halogens is 1. The van der Waals surface area contributed by atoms with E-state index in [1.165, 1.54) is 0 Å². The number of nitrogens with zero attached hydrogens (tertiary/aromatic N) is 2. The van der Waals surface area contributed by atoms with Crippen molar-refractivity contribution in [2.45, 2.75) is 0 Å². The molecule has 1 rings (SSSR count). The third-order valence-corrected chi connectivity index (χ3v) is 2.92. The molecular weight excluding hydrogens is 276 g/mol. The van der Waals surface area contributed by atoms with E-state index in [2.05, 4.69) is 9.80 Å². The van der Waals surface area contributed by atoms with E-state index in [4.69, 9.17) is 4.74 Å². The molecule has 0 heterocycles. The number of hydrogen-bond acceptors (Lipinski definition) is 4. The Bertz CT molecular complexity index is 395. The Hall–Kier alpha value is -1.10. The van der Waals surface area contributed by atoms with Crippen LogP contribution in [0.15, 0.2) is 24.3 Å². The number of hydrogen-bond donors (Lipinski definition) is 0. The fourth-order valence-corrected chi connectivity index (χ4v) is 2.10. The summed E-state index contributed by atoms with van der Waals surface area (Å²) in [6.07, 6.45) is 0. The largest absolute Gasteiger partial charge is 0.497 e. The van der Waals surface area contributed by atoms with Gasteiger partial charge in [-0.15, -0.1) is 12.4 Å². The van der Waals surface area contributed by atoms with E-state index in [1.54, 1.807) is 7.11 Å². The maximum absolute atomic E-state index is 12.5. The summed E-state index contributed by atoms with van der Waals surface area (Å²) in [4.78, 5) is 16.6. The van der Waals surface area contributed by atoms with Gasteiger partial charge in [-0.25, -0.2) is 0 Å². The number of ketones is 1. The van der Waals surface area contributed by atoms with Crippen molar-refractivity contribution in [2.24, 2.45) is 5.92 Å². The molecule has 0 amide bonds. The van der Waals surface area contributed by atoms with Crippen molar-refractivity contribution in [3.8, 4) is 5.75 Å². The van der Waals surface area contributed by atoms with Crippen molar-refractivity contribution in [3.63, 3.8) is 0 Å². The molecule has 0 saturated heterocycles. The summed E-state index contributed by atoms with van der Waals surface area (Å²) < 4.78 is 5.11.